The van der Waals surface area contributed by atoms with Crippen molar-refractivity contribution in [2.75, 3.05) is 26.3 Å². The molecule has 1 aliphatic heterocycles. The van der Waals surface area contributed by atoms with Crippen molar-refractivity contribution in [1.82, 2.24) is 4.90 Å². The van der Waals surface area contributed by atoms with Crippen LogP contribution in [-0.2, 0) is 9.53 Å². The third-order valence-corrected chi connectivity index (χ3v) is 4.76. The second-order valence-corrected chi connectivity index (χ2v) is 5.41. The summed E-state index contributed by atoms with van der Waals surface area (Å²) in [7, 11) is 0. The third-order valence-electron chi connectivity index (χ3n) is 4.76. The zero-order valence-corrected chi connectivity index (χ0v) is 9.52. The van der Waals surface area contributed by atoms with Gasteiger partial charge in [0, 0.05) is 13.1 Å². The highest BCUT2D eigenvalue weighted by Crippen LogP contribution is 2.53. The Balaban J connectivity index is 1.88. The molecule has 4 nitrogen and oxygen atoms in total. The normalized spacial score (nSPS) is 43.8. The van der Waals surface area contributed by atoms with Gasteiger partial charge in [-0.2, -0.15) is 0 Å². The predicted molar refractivity (Wildman–Crippen MR) is 58.2 cm³/mol. The summed E-state index contributed by atoms with van der Waals surface area (Å²) in [4.78, 5) is 13.9. The highest BCUT2D eigenvalue weighted by atomic mass is 16.5. The van der Waals surface area contributed by atoms with E-state index in [1.165, 1.54) is 6.42 Å². The minimum Gasteiger partial charge on any atom is -0.480 e. The Morgan fingerprint density at radius 3 is 2.56 bits per heavy atom. The van der Waals surface area contributed by atoms with Gasteiger partial charge >= 0.3 is 5.97 Å². The van der Waals surface area contributed by atoms with E-state index in [-0.39, 0.29) is 0 Å². The van der Waals surface area contributed by atoms with Crippen molar-refractivity contribution in [3.8, 4) is 0 Å². The molecule has 3 rings (SSSR count). The average molecular weight is 225 g/mol. The van der Waals surface area contributed by atoms with Crippen LogP contribution in [0.15, 0.2) is 0 Å². The number of carboxylic acid groups (broad SMARTS) is 1. The van der Waals surface area contributed by atoms with E-state index >= 15 is 0 Å². The molecule has 1 heterocycles. The Morgan fingerprint density at radius 2 is 2.06 bits per heavy atom. The fraction of sp³-hybridized carbons (Fsp3) is 0.917. The molecule has 3 atom stereocenters. The van der Waals surface area contributed by atoms with Gasteiger partial charge in [-0.1, -0.05) is 6.42 Å². The minimum absolute atomic E-state index is 0.382. The van der Waals surface area contributed by atoms with Gasteiger partial charge in [-0.3, -0.25) is 9.69 Å². The summed E-state index contributed by atoms with van der Waals surface area (Å²) in [5.41, 5.74) is -0.549. The van der Waals surface area contributed by atoms with Gasteiger partial charge in [0.05, 0.1) is 13.2 Å². The lowest BCUT2D eigenvalue weighted by Gasteiger charge is -2.45. The number of rotatable bonds is 2. The lowest BCUT2D eigenvalue weighted by Crippen LogP contribution is -2.61. The first-order valence-electron chi connectivity index (χ1n) is 6.29. The topological polar surface area (TPSA) is 49.8 Å². The summed E-state index contributed by atoms with van der Waals surface area (Å²) in [5.74, 6) is 0.443. The SMILES string of the molecule is O=C(O)C1(N2CCOCC2)CC2CCC1C2. The first-order chi connectivity index (χ1) is 7.73. The lowest BCUT2D eigenvalue weighted by molar-refractivity contribution is -0.160. The molecular weight excluding hydrogens is 206 g/mol. The molecule has 3 aliphatic rings. The van der Waals surface area contributed by atoms with Gasteiger partial charge in [-0.05, 0) is 31.1 Å². The Kier molecular flexibility index (Phi) is 2.44. The van der Waals surface area contributed by atoms with E-state index in [4.69, 9.17) is 4.74 Å². The largest absolute Gasteiger partial charge is 0.480 e. The number of morpholine rings is 1. The highest BCUT2D eigenvalue weighted by Gasteiger charge is 2.59. The Labute approximate surface area is 95.6 Å². The summed E-state index contributed by atoms with van der Waals surface area (Å²) in [6, 6.07) is 0. The number of fused-ring (bicyclic) bond motifs is 2. The molecule has 3 fully saturated rings. The molecule has 2 bridgehead atoms. The minimum atomic E-state index is -0.596. The van der Waals surface area contributed by atoms with Crippen molar-refractivity contribution >= 4 is 5.97 Å². The molecule has 4 heteroatoms. The highest BCUT2D eigenvalue weighted by molar-refractivity contribution is 5.80. The van der Waals surface area contributed by atoms with E-state index in [0.717, 1.165) is 32.4 Å². The molecule has 1 N–H and O–H groups in total. The molecule has 16 heavy (non-hydrogen) atoms. The first-order valence-corrected chi connectivity index (χ1v) is 6.29. The van der Waals surface area contributed by atoms with Crippen LogP contribution in [-0.4, -0.2) is 47.8 Å². The monoisotopic (exact) mass is 225 g/mol. The second kappa shape index (κ2) is 3.70. The average Bonchev–Trinajstić information content (AvgIpc) is 2.90. The van der Waals surface area contributed by atoms with Crippen LogP contribution in [0.25, 0.3) is 0 Å². The number of carboxylic acids is 1. The Morgan fingerprint density at radius 1 is 1.31 bits per heavy atom. The van der Waals surface area contributed by atoms with Crippen LogP contribution in [0.4, 0.5) is 0 Å². The fourth-order valence-corrected chi connectivity index (χ4v) is 4.05. The second-order valence-electron chi connectivity index (χ2n) is 5.41. The number of ether oxygens (including phenoxy) is 1. The van der Waals surface area contributed by atoms with Crippen molar-refractivity contribution < 1.29 is 14.6 Å². The van der Waals surface area contributed by atoms with Crippen molar-refractivity contribution in [3.05, 3.63) is 0 Å². The number of hydrogen-bond donors (Lipinski definition) is 1. The summed E-state index contributed by atoms with van der Waals surface area (Å²) in [5, 5.41) is 9.66. The van der Waals surface area contributed by atoms with Gasteiger partial charge < -0.3 is 9.84 Å². The standard InChI is InChI=1S/C12H19NO3/c14-11(15)12(13-3-5-16-6-4-13)8-9-1-2-10(12)7-9/h9-10H,1-8H2,(H,14,15). The van der Waals surface area contributed by atoms with Crippen molar-refractivity contribution in [1.29, 1.82) is 0 Å². The molecule has 2 saturated carbocycles. The van der Waals surface area contributed by atoms with Gasteiger partial charge in [0.25, 0.3) is 0 Å². The number of hydrogen-bond acceptors (Lipinski definition) is 3. The predicted octanol–water partition coefficient (Wildman–Crippen LogP) is 0.962. The van der Waals surface area contributed by atoms with Gasteiger partial charge in [0.1, 0.15) is 5.54 Å². The van der Waals surface area contributed by atoms with Crippen LogP contribution in [0.3, 0.4) is 0 Å². The van der Waals surface area contributed by atoms with E-state index in [2.05, 4.69) is 4.90 Å². The quantitative estimate of drug-likeness (QED) is 0.760. The van der Waals surface area contributed by atoms with Crippen LogP contribution in [0.2, 0.25) is 0 Å². The van der Waals surface area contributed by atoms with Gasteiger partial charge in [-0.15, -0.1) is 0 Å². The maximum Gasteiger partial charge on any atom is 0.324 e. The molecular formula is C12H19NO3. The smallest absolute Gasteiger partial charge is 0.324 e. The summed E-state index contributed by atoms with van der Waals surface area (Å²) >= 11 is 0. The molecule has 0 aromatic heterocycles. The maximum atomic E-state index is 11.7. The molecule has 2 aliphatic carbocycles. The molecule has 90 valence electrons. The van der Waals surface area contributed by atoms with Crippen LogP contribution < -0.4 is 0 Å². The van der Waals surface area contributed by atoms with Crippen molar-refractivity contribution in [3.63, 3.8) is 0 Å². The van der Waals surface area contributed by atoms with Crippen LogP contribution in [0.5, 0.6) is 0 Å². The number of aliphatic carboxylic acids is 1. The van der Waals surface area contributed by atoms with Crippen LogP contribution in [0, 0.1) is 11.8 Å². The van der Waals surface area contributed by atoms with E-state index in [9.17, 15) is 9.90 Å². The molecule has 0 radical (unpaired) electrons. The molecule has 0 amide bonds. The molecule has 0 aromatic carbocycles. The number of nitrogens with zero attached hydrogens (tertiary/aromatic N) is 1. The summed E-state index contributed by atoms with van der Waals surface area (Å²) in [6.07, 6.45) is 4.34. The Hall–Kier alpha value is -0.610. The molecule has 3 unspecified atom stereocenters. The zero-order chi connectivity index (χ0) is 11.2. The van der Waals surface area contributed by atoms with Crippen LogP contribution >= 0.6 is 0 Å². The van der Waals surface area contributed by atoms with Gasteiger partial charge in [-0.25, -0.2) is 0 Å². The van der Waals surface area contributed by atoms with E-state index < -0.39 is 11.5 Å². The van der Waals surface area contributed by atoms with Gasteiger partial charge in [0.2, 0.25) is 0 Å². The summed E-state index contributed by atoms with van der Waals surface area (Å²) < 4.78 is 5.33. The van der Waals surface area contributed by atoms with Gasteiger partial charge in [0.15, 0.2) is 0 Å². The van der Waals surface area contributed by atoms with E-state index in [0.29, 0.717) is 25.0 Å². The van der Waals surface area contributed by atoms with E-state index in [1.54, 1.807) is 0 Å². The molecule has 0 aromatic rings. The first kappa shape index (κ1) is 10.5. The number of carbonyl (C=O) groups is 1. The van der Waals surface area contributed by atoms with Crippen molar-refractivity contribution in [2.24, 2.45) is 11.8 Å². The summed E-state index contributed by atoms with van der Waals surface area (Å²) in [6.45, 7) is 2.95. The van der Waals surface area contributed by atoms with Crippen LogP contribution in [0.1, 0.15) is 25.7 Å². The van der Waals surface area contributed by atoms with E-state index in [1.807, 2.05) is 0 Å². The van der Waals surface area contributed by atoms with Crippen molar-refractivity contribution in [2.45, 2.75) is 31.2 Å². The molecule has 1 saturated heterocycles. The molecule has 0 spiro atoms. The fourth-order valence-electron chi connectivity index (χ4n) is 4.05. The lowest BCUT2D eigenvalue weighted by atomic mass is 9.79. The third kappa shape index (κ3) is 1.32. The zero-order valence-electron chi connectivity index (χ0n) is 9.52. The maximum absolute atomic E-state index is 11.7. The Bertz CT molecular complexity index is 301.